The Bertz CT molecular complexity index is 837. The van der Waals surface area contributed by atoms with Gasteiger partial charge in [-0.2, -0.15) is 0 Å². The first-order chi connectivity index (χ1) is 12.5. The minimum atomic E-state index is -0.471. The fourth-order valence-corrected chi connectivity index (χ4v) is 2.96. The second kappa shape index (κ2) is 7.73. The highest BCUT2D eigenvalue weighted by molar-refractivity contribution is 5.95. The van der Waals surface area contributed by atoms with Gasteiger partial charge >= 0.3 is 12.1 Å². The van der Waals surface area contributed by atoms with Crippen LogP contribution in [0.4, 0.5) is 9.59 Å². The first-order valence-electron chi connectivity index (χ1n) is 8.41. The quantitative estimate of drug-likeness (QED) is 0.553. The first kappa shape index (κ1) is 17.5. The third-order valence-corrected chi connectivity index (χ3v) is 4.41. The van der Waals surface area contributed by atoms with Gasteiger partial charge in [0.2, 0.25) is 0 Å². The number of hydrogen-bond acceptors (Lipinski definition) is 3. The third-order valence-electron chi connectivity index (χ3n) is 4.41. The topological polar surface area (TPSA) is 117 Å². The van der Waals surface area contributed by atoms with Crippen molar-refractivity contribution < 1.29 is 9.59 Å². The van der Waals surface area contributed by atoms with Gasteiger partial charge in [0.1, 0.15) is 0 Å². The summed E-state index contributed by atoms with van der Waals surface area (Å²) < 4.78 is 0. The number of carbonyl (C=O) groups is 2. The molecular formula is C18H22N6O2. The van der Waals surface area contributed by atoms with E-state index in [-0.39, 0.29) is 12.0 Å². The predicted molar refractivity (Wildman–Crippen MR) is 101 cm³/mol. The molecule has 0 aromatic heterocycles. The SMILES string of the molecule is NC(=O)N1CCN(C(=O)NC(N)=NCc2cccc3ccccc23)CC1. The second-order valence-corrected chi connectivity index (χ2v) is 6.08. The average Bonchev–Trinajstić information content (AvgIpc) is 2.66. The molecular weight excluding hydrogens is 332 g/mol. The molecule has 1 saturated heterocycles. The van der Waals surface area contributed by atoms with Crippen molar-refractivity contribution in [2.45, 2.75) is 6.54 Å². The molecule has 8 nitrogen and oxygen atoms in total. The number of nitrogens with two attached hydrogens (primary N) is 2. The number of fused-ring (bicyclic) bond motifs is 1. The van der Waals surface area contributed by atoms with Gasteiger partial charge < -0.3 is 21.3 Å². The zero-order chi connectivity index (χ0) is 18.5. The number of primary amides is 1. The molecule has 0 unspecified atom stereocenters. The van der Waals surface area contributed by atoms with E-state index in [0.29, 0.717) is 32.7 Å². The minimum Gasteiger partial charge on any atom is -0.370 e. The van der Waals surface area contributed by atoms with Gasteiger partial charge in [0.25, 0.3) is 0 Å². The van der Waals surface area contributed by atoms with Gasteiger partial charge in [0.15, 0.2) is 5.96 Å². The number of nitrogens with one attached hydrogen (secondary N) is 1. The lowest BCUT2D eigenvalue weighted by molar-refractivity contribution is 0.149. The molecule has 2 aromatic rings. The number of aliphatic imine (C=N–C) groups is 1. The van der Waals surface area contributed by atoms with E-state index in [9.17, 15) is 9.59 Å². The Morgan fingerprint density at radius 2 is 1.62 bits per heavy atom. The van der Waals surface area contributed by atoms with Crippen LogP contribution < -0.4 is 16.8 Å². The zero-order valence-corrected chi connectivity index (χ0v) is 14.4. The smallest absolute Gasteiger partial charge is 0.324 e. The fraction of sp³-hybridized carbons (Fsp3) is 0.278. The summed E-state index contributed by atoms with van der Waals surface area (Å²) in [7, 11) is 0. The van der Waals surface area contributed by atoms with E-state index in [2.05, 4.69) is 10.3 Å². The van der Waals surface area contributed by atoms with E-state index in [1.165, 1.54) is 4.90 Å². The number of urea groups is 2. The summed E-state index contributed by atoms with van der Waals surface area (Å²) in [6, 6.07) is 13.2. The van der Waals surface area contributed by atoms with Crippen LogP contribution in [0.1, 0.15) is 5.56 Å². The van der Waals surface area contributed by atoms with Gasteiger partial charge in [-0.1, -0.05) is 42.5 Å². The van der Waals surface area contributed by atoms with Crippen LogP contribution in [0, 0.1) is 0 Å². The fourth-order valence-electron chi connectivity index (χ4n) is 2.96. The van der Waals surface area contributed by atoms with Gasteiger partial charge in [-0.05, 0) is 16.3 Å². The molecule has 5 N–H and O–H groups in total. The van der Waals surface area contributed by atoms with E-state index in [1.807, 2.05) is 42.5 Å². The molecule has 8 heteroatoms. The lowest BCUT2D eigenvalue weighted by Crippen LogP contribution is -2.55. The summed E-state index contributed by atoms with van der Waals surface area (Å²) in [4.78, 5) is 30.7. The van der Waals surface area contributed by atoms with Crippen molar-refractivity contribution in [1.29, 1.82) is 0 Å². The van der Waals surface area contributed by atoms with E-state index >= 15 is 0 Å². The van der Waals surface area contributed by atoms with Gasteiger partial charge in [-0.3, -0.25) is 5.32 Å². The zero-order valence-electron chi connectivity index (χ0n) is 14.4. The summed E-state index contributed by atoms with van der Waals surface area (Å²) in [5, 5.41) is 4.84. The Balaban J connectivity index is 1.58. The lowest BCUT2D eigenvalue weighted by atomic mass is 10.1. The molecule has 4 amide bonds. The number of carbonyl (C=O) groups excluding carboxylic acids is 2. The van der Waals surface area contributed by atoms with Crippen molar-refractivity contribution >= 4 is 28.8 Å². The molecule has 0 bridgehead atoms. The molecule has 26 heavy (non-hydrogen) atoms. The van der Waals surface area contributed by atoms with Gasteiger partial charge in [-0.15, -0.1) is 0 Å². The molecule has 136 valence electrons. The molecule has 2 aromatic carbocycles. The van der Waals surface area contributed by atoms with Crippen LogP contribution in [0.3, 0.4) is 0 Å². The molecule has 1 aliphatic rings. The number of benzene rings is 2. The van der Waals surface area contributed by atoms with Gasteiger partial charge in [0.05, 0.1) is 6.54 Å². The van der Waals surface area contributed by atoms with Gasteiger partial charge in [-0.25, -0.2) is 14.6 Å². The van der Waals surface area contributed by atoms with E-state index in [0.717, 1.165) is 16.3 Å². The van der Waals surface area contributed by atoms with Crippen molar-refractivity contribution in [3.8, 4) is 0 Å². The summed E-state index contributed by atoms with van der Waals surface area (Å²) in [6.45, 7) is 2.02. The third kappa shape index (κ3) is 4.02. The molecule has 0 aliphatic carbocycles. The monoisotopic (exact) mass is 354 g/mol. The van der Waals surface area contributed by atoms with Crippen LogP contribution in [-0.2, 0) is 6.54 Å². The molecule has 0 spiro atoms. The summed E-state index contributed by atoms with van der Waals surface area (Å²) in [5.41, 5.74) is 12.1. The number of hydrogen-bond donors (Lipinski definition) is 3. The maximum Gasteiger partial charge on any atom is 0.324 e. The summed E-state index contributed by atoms with van der Waals surface area (Å²) in [6.07, 6.45) is 0. The van der Waals surface area contributed by atoms with Crippen molar-refractivity contribution in [2.24, 2.45) is 16.5 Å². The molecule has 0 radical (unpaired) electrons. The van der Waals surface area contributed by atoms with Crippen LogP contribution in [0.25, 0.3) is 10.8 Å². The molecule has 0 saturated carbocycles. The van der Waals surface area contributed by atoms with Crippen LogP contribution in [0.5, 0.6) is 0 Å². The summed E-state index contributed by atoms with van der Waals surface area (Å²) in [5.74, 6) is 0.0697. The van der Waals surface area contributed by atoms with Crippen molar-refractivity contribution in [3.05, 3.63) is 48.0 Å². The highest BCUT2D eigenvalue weighted by Crippen LogP contribution is 2.18. The molecule has 3 rings (SSSR count). The standard InChI is InChI=1S/C18H22N6O2/c19-16(22-18(26)24-10-8-23(9-11-24)17(20)25)21-12-14-6-3-5-13-4-1-2-7-15(13)14/h1-7H,8-12H2,(H2,20,25)(H3,19,21,22,26). The Hall–Kier alpha value is -3.29. The number of rotatable bonds is 2. The highest BCUT2D eigenvalue weighted by atomic mass is 16.2. The minimum absolute atomic E-state index is 0.0697. The maximum atomic E-state index is 12.2. The highest BCUT2D eigenvalue weighted by Gasteiger charge is 2.22. The average molecular weight is 354 g/mol. The van der Waals surface area contributed by atoms with Crippen molar-refractivity contribution in [3.63, 3.8) is 0 Å². The Kier molecular flexibility index (Phi) is 5.21. The number of guanidine groups is 1. The lowest BCUT2D eigenvalue weighted by Gasteiger charge is -2.33. The largest absolute Gasteiger partial charge is 0.370 e. The number of amides is 4. The number of piperazine rings is 1. The van der Waals surface area contributed by atoms with E-state index in [1.54, 1.807) is 4.90 Å². The predicted octanol–water partition coefficient (Wildman–Crippen LogP) is 1.06. The van der Waals surface area contributed by atoms with Crippen molar-refractivity contribution in [2.75, 3.05) is 26.2 Å². The number of nitrogens with zero attached hydrogens (tertiary/aromatic N) is 3. The van der Waals surface area contributed by atoms with Crippen LogP contribution in [-0.4, -0.2) is 54.0 Å². The maximum absolute atomic E-state index is 12.2. The molecule has 1 aliphatic heterocycles. The molecule has 0 atom stereocenters. The van der Waals surface area contributed by atoms with E-state index in [4.69, 9.17) is 11.5 Å². The van der Waals surface area contributed by atoms with Crippen molar-refractivity contribution in [1.82, 2.24) is 15.1 Å². The first-order valence-corrected chi connectivity index (χ1v) is 8.41. The van der Waals surface area contributed by atoms with Gasteiger partial charge in [0, 0.05) is 26.2 Å². The van der Waals surface area contributed by atoms with Crippen LogP contribution in [0.15, 0.2) is 47.5 Å². The Morgan fingerprint density at radius 3 is 2.35 bits per heavy atom. The molecule has 1 heterocycles. The second-order valence-electron chi connectivity index (χ2n) is 6.08. The normalized spacial score (nSPS) is 15.2. The van der Waals surface area contributed by atoms with Crippen LogP contribution in [0.2, 0.25) is 0 Å². The molecule has 1 fully saturated rings. The Morgan fingerprint density at radius 1 is 0.962 bits per heavy atom. The summed E-state index contributed by atoms with van der Waals surface area (Å²) >= 11 is 0. The van der Waals surface area contributed by atoms with Crippen LogP contribution >= 0.6 is 0 Å². The van der Waals surface area contributed by atoms with E-state index < -0.39 is 6.03 Å². The Labute approximate surface area is 151 Å².